The lowest BCUT2D eigenvalue weighted by Crippen LogP contribution is -2.27. The van der Waals surface area contributed by atoms with Crippen molar-refractivity contribution in [3.63, 3.8) is 0 Å². The molecule has 0 saturated carbocycles. The summed E-state index contributed by atoms with van der Waals surface area (Å²) in [5, 5.41) is 19.1. The lowest BCUT2D eigenvalue weighted by molar-refractivity contribution is 0.107. The van der Waals surface area contributed by atoms with Crippen molar-refractivity contribution in [2.24, 2.45) is 0 Å². The second-order valence-corrected chi connectivity index (χ2v) is 5.75. The topological polar surface area (TPSA) is 97.6 Å². The molecule has 9 heteroatoms. The van der Waals surface area contributed by atoms with Crippen LogP contribution in [0.25, 0.3) is 5.69 Å². The van der Waals surface area contributed by atoms with Crippen LogP contribution in [0, 0.1) is 0 Å². The molecule has 0 radical (unpaired) electrons. The monoisotopic (exact) mass is 326 g/mol. The number of methoxy groups -OCH3 is 1. The van der Waals surface area contributed by atoms with Gasteiger partial charge >= 0.3 is 0 Å². The Morgan fingerprint density at radius 3 is 2.92 bits per heavy atom. The van der Waals surface area contributed by atoms with Gasteiger partial charge in [0.15, 0.2) is 5.82 Å². The van der Waals surface area contributed by atoms with Crippen LogP contribution < -0.4 is 0 Å². The smallest absolute Gasteiger partial charge is 0.170 e. The molecule has 0 spiro atoms. The van der Waals surface area contributed by atoms with Crippen LogP contribution in [-0.4, -0.2) is 60.0 Å². The van der Waals surface area contributed by atoms with E-state index in [1.807, 2.05) is 30.3 Å². The van der Waals surface area contributed by atoms with Crippen LogP contribution in [0.2, 0.25) is 0 Å². The molecule has 124 valence electrons. The number of nitrogens with one attached hydrogen (secondary N) is 1. The molecule has 1 N–H and O–H groups in total. The minimum absolute atomic E-state index is 0.110. The molecule has 1 aliphatic heterocycles. The largest absolute Gasteiger partial charge is 0.380 e. The van der Waals surface area contributed by atoms with Gasteiger partial charge in [-0.1, -0.05) is 18.2 Å². The van der Waals surface area contributed by atoms with Crippen molar-refractivity contribution in [2.45, 2.75) is 25.1 Å². The molecular formula is C15H18N8O. The quantitative estimate of drug-likeness (QED) is 0.738. The van der Waals surface area contributed by atoms with Gasteiger partial charge in [0.1, 0.15) is 12.2 Å². The number of hydrogen-bond donors (Lipinski definition) is 1. The van der Waals surface area contributed by atoms with Crippen LogP contribution in [0.15, 0.2) is 36.7 Å². The van der Waals surface area contributed by atoms with Gasteiger partial charge in [0.2, 0.25) is 0 Å². The number of hydrogen-bond acceptors (Lipinski definition) is 7. The Bertz CT molecular complexity index is 772. The van der Waals surface area contributed by atoms with E-state index in [0.29, 0.717) is 6.54 Å². The minimum atomic E-state index is 0.110. The first kappa shape index (κ1) is 14.9. The number of rotatable bonds is 5. The molecule has 3 heterocycles. The van der Waals surface area contributed by atoms with Gasteiger partial charge in [0, 0.05) is 13.7 Å². The van der Waals surface area contributed by atoms with Gasteiger partial charge in [-0.05, 0) is 29.0 Å². The minimum Gasteiger partial charge on any atom is -0.380 e. The fourth-order valence-electron chi connectivity index (χ4n) is 3.12. The van der Waals surface area contributed by atoms with E-state index >= 15 is 0 Å². The number of aromatic nitrogens is 7. The molecule has 2 aromatic heterocycles. The Morgan fingerprint density at radius 2 is 2.17 bits per heavy atom. The van der Waals surface area contributed by atoms with Crippen molar-refractivity contribution >= 4 is 0 Å². The summed E-state index contributed by atoms with van der Waals surface area (Å²) >= 11 is 0. The van der Waals surface area contributed by atoms with E-state index in [1.165, 1.54) is 6.33 Å². The van der Waals surface area contributed by atoms with Gasteiger partial charge in [0.25, 0.3) is 0 Å². The predicted molar refractivity (Wildman–Crippen MR) is 84.1 cm³/mol. The third-order valence-electron chi connectivity index (χ3n) is 4.33. The van der Waals surface area contributed by atoms with E-state index in [4.69, 9.17) is 4.74 Å². The SMILES string of the molecule is CO[C@@H]1C[C@@H](c2ncn[nH]2)N(Cc2nnnn2-c2ccccc2)C1. The van der Waals surface area contributed by atoms with Crippen molar-refractivity contribution in [3.8, 4) is 5.69 Å². The molecule has 1 saturated heterocycles. The van der Waals surface area contributed by atoms with Crippen molar-refractivity contribution in [1.29, 1.82) is 0 Å². The van der Waals surface area contributed by atoms with Crippen LogP contribution in [0.5, 0.6) is 0 Å². The standard InChI is InChI=1S/C15H18N8O/c1-24-12-7-13(15-16-10-17-19-15)22(8-12)9-14-18-20-21-23(14)11-5-3-2-4-6-11/h2-6,10,12-13H,7-9H2,1H3,(H,16,17,19)/t12-,13+/m1/s1. The summed E-state index contributed by atoms with van der Waals surface area (Å²) in [4.78, 5) is 6.57. The second kappa shape index (κ2) is 6.46. The number of aromatic amines is 1. The van der Waals surface area contributed by atoms with Crippen LogP contribution in [-0.2, 0) is 11.3 Å². The number of benzene rings is 1. The van der Waals surface area contributed by atoms with Crippen molar-refractivity contribution < 1.29 is 4.74 Å². The van der Waals surface area contributed by atoms with Crippen LogP contribution in [0.1, 0.15) is 24.1 Å². The van der Waals surface area contributed by atoms with Crippen LogP contribution in [0.3, 0.4) is 0 Å². The molecule has 1 aromatic carbocycles. The maximum atomic E-state index is 5.54. The molecule has 1 fully saturated rings. The predicted octanol–water partition coefficient (Wildman–Crippen LogP) is 0.742. The van der Waals surface area contributed by atoms with Gasteiger partial charge in [-0.3, -0.25) is 10.00 Å². The Balaban J connectivity index is 1.59. The average Bonchev–Trinajstić information content (AvgIpc) is 3.36. The third kappa shape index (κ3) is 2.79. The number of ether oxygens (including phenoxy) is 1. The Morgan fingerprint density at radius 1 is 1.29 bits per heavy atom. The lowest BCUT2D eigenvalue weighted by Gasteiger charge is -2.21. The summed E-state index contributed by atoms with van der Waals surface area (Å²) in [6.45, 7) is 1.40. The molecule has 1 aliphatic rings. The molecule has 24 heavy (non-hydrogen) atoms. The molecule has 0 unspecified atom stereocenters. The first-order valence-corrected chi connectivity index (χ1v) is 7.80. The summed E-state index contributed by atoms with van der Waals surface area (Å²) in [6, 6.07) is 9.98. The number of tetrazole rings is 1. The molecule has 0 amide bonds. The number of likely N-dealkylation sites (tertiary alicyclic amines) is 1. The number of nitrogens with zero attached hydrogens (tertiary/aromatic N) is 7. The molecular weight excluding hydrogens is 308 g/mol. The number of para-hydroxylation sites is 1. The van der Waals surface area contributed by atoms with Crippen molar-refractivity contribution in [3.05, 3.63) is 48.3 Å². The zero-order valence-corrected chi connectivity index (χ0v) is 13.3. The van der Waals surface area contributed by atoms with Gasteiger partial charge in [0.05, 0.1) is 24.4 Å². The Hall–Kier alpha value is -2.65. The summed E-state index contributed by atoms with van der Waals surface area (Å²) in [5.74, 6) is 1.62. The highest BCUT2D eigenvalue weighted by Gasteiger charge is 2.35. The summed E-state index contributed by atoms with van der Waals surface area (Å²) in [7, 11) is 1.74. The average molecular weight is 326 g/mol. The fourth-order valence-corrected chi connectivity index (χ4v) is 3.12. The lowest BCUT2D eigenvalue weighted by atomic mass is 10.2. The van der Waals surface area contributed by atoms with E-state index in [2.05, 4.69) is 35.6 Å². The van der Waals surface area contributed by atoms with E-state index in [-0.39, 0.29) is 12.1 Å². The summed E-state index contributed by atoms with van der Waals surface area (Å²) < 4.78 is 7.30. The molecule has 3 aromatic rings. The van der Waals surface area contributed by atoms with Gasteiger partial charge in [-0.2, -0.15) is 9.78 Å². The summed E-state index contributed by atoms with van der Waals surface area (Å²) in [6.07, 6.45) is 2.54. The maximum absolute atomic E-state index is 5.54. The highest BCUT2D eigenvalue weighted by atomic mass is 16.5. The Labute approximate surface area is 138 Å². The zero-order valence-electron chi connectivity index (χ0n) is 13.3. The first-order chi connectivity index (χ1) is 11.8. The normalized spacial score (nSPS) is 21.4. The molecule has 0 bridgehead atoms. The van der Waals surface area contributed by atoms with Gasteiger partial charge in [-0.25, -0.2) is 4.98 Å². The first-order valence-electron chi connectivity index (χ1n) is 7.80. The van der Waals surface area contributed by atoms with Gasteiger partial charge in [-0.15, -0.1) is 5.10 Å². The van der Waals surface area contributed by atoms with E-state index in [9.17, 15) is 0 Å². The summed E-state index contributed by atoms with van der Waals surface area (Å²) in [5.41, 5.74) is 0.941. The van der Waals surface area contributed by atoms with Crippen LogP contribution >= 0.6 is 0 Å². The van der Waals surface area contributed by atoms with E-state index in [1.54, 1.807) is 11.8 Å². The number of H-pyrrole nitrogens is 1. The maximum Gasteiger partial charge on any atom is 0.170 e. The molecule has 2 atom stereocenters. The van der Waals surface area contributed by atoms with Gasteiger partial charge < -0.3 is 4.74 Å². The second-order valence-electron chi connectivity index (χ2n) is 5.75. The highest BCUT2D eigenvalue weighted by molar-refractivity contribution is 5.30. The van der Waals surface area contributed by atoms with Crippen molar-refractivity contribution in [2.75, 3.05) is 13.7 Å². The molecule has 0 aliphatic carbocycles. The Kier molecular flexibility index (Phi) is 4.01. The van der Waals surface area contributed by atoms with E-state index in [0.717, 1.165) is 30.3 Å². The highest BCUT2D eigenvalue weighted by Crippen LogP contribution is 2.32. The van der Waals surface area contributed by atoms with E-state index < -0.39 is 0 Å². The third-order valence-corrected chi connectivity index (χ3v) is 4.33. The molecule has 4 rings (SSSR count). The fraction of sp³-hybridized carbons (Fsp3) is 0.400. The van der Waals surface area contributed by atoms with Crippen LogP contribution in [0.4, 0.5) is 0 Å². The van der Waals surface area contributed by atoms with Crippen molar-refractivity contribution in [1.82, 2.24) is 40.3 Å². The zero-order chi connectivity index (χ0) is 16.4. The molecule has 9 nitrogen and oxygen atoms in total.